The number of nitrogens with zero attached hydrogens (tertiary/aromatic N) is 1. The number of amides is 1. The molecule has 4 heteroatoms. The molecule has 0 atom stereocenters. The lowest BCUT2D eigenvalue weighted by Gasteiger charge is -2.22. The minimum absolute atomic E-state index is 0.0544. The summed E-state index contributed by atoms with van der Waals surface area (Å²) >= 11 is 6.04. The Kier molecular flexibility index (Phi) is 4.49. The first-order valence-corrected chi connectivity index (χ1v) is 7.97. The summed E-state index contributed by atoms with van der Waals surface area (Å²) in [5.41, 5.74) is 2.48. The van der Waals surface area contributed by atoms with Crippen LogP contribution in [-0.2, 0) is 11.3 Å². The molecule has 1 heterocycles. The zero-order valence-corrected chi connectivity index (χ0v) is 12.9. The maximum Gasteiger partial charge on any atom is 0.260 e. The fourth-order valence-electron chi connectivity index (χ4n) is 2.95. The zero-order chi connectivity index (χ0) is 14.7. The van der Waals surface area contributed by atoms with Gasteiger partial charge in [-0.15, -0.1) is 0 Å². The molecule has 0 fully saturated rings. The number of carbonyl (C=O) groups excluding carboxylic acids is 1. The summed E-state index contributed by atoms with van der Waals surface area (Å²) in [6.45, 7) is 1.47. The van der Waals surface area contributed by atoms with E-state index < -0.39 is 0 Å². The second-order valence-corrected chi connectivity index (χ2v) is 6.15. The predicted octanol–water partition coefficient (Wildman–Crippen LogP) is 3.95. The summed E-state index contributed by atoms with van der Waals surface area (Å²) in [6.07, 6.45) is 8.26. The van der Waals surface area contributed by atoms with Crippen LogP contribution < -0.4 is 4.74 Å². The standard InChI is InChI=1S/C17H20ClNO2/c18-15-6-7-16-14(10-15)11-19(17(20)12-21-16)9-8-13-4-2-1-3-5-13/h4,6-7,10H,1-3,5,8-9,11-12H2. The third-order valence-electron chi connectivity index (χ3n) is 4.18. The lowest BCUT2D eigenvalue weighted by molar-refractivity contribution is -0.133. The Morgan fingerprint density at radius 2 is 2.19 bits per heavy atom. The van der Waals surface area contributed by atoms with Crippen LogP contribution >= 0.6 is 11.6 Å². The highest BCUT2D eigenvalue weighted by Crippen LogP contribution is 2.27. The SMILES string of the molecule is O=C1COc2ccc(Cl)cc2CN1CCC1=CCCCC1. The van der Waals surface area contributed by atoms with Crippen LogP contribution in [0.25, 0.3) is 0 Å². The van der Waals surface area contributed by atoms with Crippen LogP contribution in [0.3, 0.4) is 0 Å². The van der Waals surface area contributed by atoms with E-state index in [4.69, 9.17) is 16.3 Å². The van der Waals surface area contributed by atoms with Gasteiger partial charge in [0.25, 0.3) is 5.91 Å². The van der Waals surface area contributed by atoms with Gasteiger partial charge in [0, 0.05) is 23.7 Å². The van der Waals surface area contributed by atoms with Gasteiger partial charge in [-0.3, -0.25) is 4.79 Å². The Bertz CT molecular complexity index is 568. The highest BCUT2D eigenvalue weighted by Gasteiger charge is 2.21. The van der Waals surface area contributed by atoms with E-state index in [9.17, 15) is 4.79 Å². The Morgan fingerprint density at radius 3 is 3.00 bits per heavy atom. The van der Waals surface area contributed by atoms with E-state index in [-0.39, 0.29) is 12.5 Å². The minimum Gasteiger partial charge on any atom is -0.483 e. The van der Waals surface area contributed by atoms with Crippen molar-refractivity contribution in [1.29, 1.82) is 0 Å². The number of benzene rings is 1. The molecule has 21 heavy (non-hydrogen) atoms. The van der Waals surface area contributed by atoms with Gasteiger partial charge in [-0.25, -0.2) is 0 Å². The fraction of sp³-hybridized carbons (Fsp3) is 0.471. The molecule has 1 aliphatic carbocycles. The maximum atomic E-state index is 12.2. The zero-order valence-electron chi connectivity index (χ0n) is 12.1. The number of ether oxygens (including phenoxy) is 1. The van der Waals surface area contributed by atoms with E-state index >= 15 is 0 Å². The van der Waals surface area contributed by atoms with Crippen LogP contribution in [0.2, 0.25) is 5.02 Å². The van der Waals surface area contributed by atoms with Crippen molar-refractivity contribution in [3.63, 3.8) is 0 Å². The Morgan fingerprint density at radius 1 is 1.29 bits per heavy atom. The van der Waals surface area contributed by atoms with Gasteiger partial charge in [-0.05, 0) is 50.3 Å². The highest BCUT2D eigenvalue weighted by atomic mass is 35.5. The molecule has 0 unspecified atom stereocenters. The summed E-state index contributed by atoms with van der Waals surface area (Å²) in [5, 5.41) is 0.682. The first-order chi connectivity index (χ1) is 10.2. The van der Waals surface area contributed by atoms with Crippen LogP contribution in [0.15, 0.2) is 29.8 Å². The average Bonchev–Trinajstić information content (AvgIpc) is 2.65. The molecule has 0 aromatic heterocycles. The lowest BCUT2D eigenvalue weighted by Crippen LogP contribution is -2.33. The fourth-order valence-corrected chi connectivity index (χ4v) is 3.15. The van der Waals surface area contributed by atoms with Gasteiger partial charge in [-0.2, -0.15) is 0 Å². The molecule has 0 N–H and O–H groups in total. The van der Waals surface area contributed by atoms with Crippen molar-refractivity contribution < 1.29 is 9.53 Å². The summed E-state index contributed by atoms with van der Waals surface area (Å²) in [4.78, 5) is 14.1. The van der Waals surface area contributed by atoms with Gasteiger partial charge < -0.3 is 9.64 Å². The van der Waals surface area contributed by atoms with Crippen molar-refractivity contribution in [1.82, 2.24) is 4.90 Å². The van der Waals surface area contributed by atoms with Gasteiger partial charge >= 0.3 is 0 Å². The van der Waals surface area contributed by atoms with Crippen molar-refractivity contribution in [2.24, 2.45) is 0 Å². The normalized spacial score (nSPS) is 18.6. The van der Waals surface area contributed by atoms with E-state index in [0.717, 1.165) is 24.3 Å². The largest absolute Gasteiger partial charge is 0.483 e. The predicted molar refractivity (Wildman–Crippen MR) is 83.5 cm³/mol. The highest BCUT2D eigenvalue weighted by molar-refractivity contribution is 6.30. The Labute approximate surface area is 130 Å². The molecular weight excluding hydrogens is 286 g/mol. The topological polar surface area (TPSA) is 29.5 Å². The molecular formula is C17H20ClNO2. The number of fused-ring (bicyclic) bond motifs is 1. The molecule has 0 saturated heterocycles. The molecule has 1 aromatic rings. The van der Waals surface area contributed by atoms with E-state index in [0.29, 0.717) is 11.6 Å². The summed E-state index contributed by atoms with van der Waals surface area (Å²) in [6, 6.07) is 5.54. The molecule has 112 valence electrons. The monoisotopic (exact) mass is 305 g/mol. The van der Waals surface area contributed by atoms with E-state index in [1.165, 1.54) is 31.3 Å². The van der Waals surface area contributed by atoms with Crippen LogP contribution in [0.1, 0.15) is 37.7 Å². The Balaban J connectivity index is 1.69. The number of hydrogen-bond donors (Lipinski definition) is 0. The van der Waals surface area contributed by atoms with Gasteiger partial charge in [0.15, 0.2) is 6.61 Å². The number of rotatable bonds is 3. The first-order valence-electron chi connectivity index (χ1n) is 7.59. The number of allylic oxidation sites excluding steroid dienone is 1. The molecule has 3 rings (SSSR count). The van der Waals surface area contributed by atoms with Crippen LogP contribution in [0, 0.1) is 0 Å². The lowest BCUT2D eigenvalue weighted by atomic mass is 9.97. The third-order valence-corrected chi connectivity index (χ3v) is 4.41. The summed E-state index contributed by atoms with van der Waals surface area (Å²) in [7, 11) is 0. The van der Waals surface area contributed by atoms with Crippen LogP contribution in [0.4, 0.5) is 0 Å². The maximum absolute atomic E-state index is 12.2. The minimum atomic E-state index is 0.0544. The molecule has 1 aromatic carbocycles. The molecule has 1 aliphatic heterocycles. The van der Waals surface area contributed by atoms with Crippen LogP contribution in [-0.4, -0.2) is 24.0 Å². The molecule has 0 bridgehead atoms. The van der Waals surface area contributed by atoms with Crippen molar-refractivity contribution in [3.05, 3.63) is 40.4 Å². The summed E-state index contributed by atoms with van der Waals surface area (Å²) < 4.78 is 5.57. The molecule has 2 aliphatic rings. The molecule has 0 saturated carbocycles. The van der Waals surface area contributed by atoms with Gasteiger partial charge in [0.1, 0.15) is 5.75 Å². The summed E-state index contributed by atoms with van der Waals surface area (Å²) in [5.74, 6) is 0.825. The smallest absolute Gasteiger partial charge is 0.260 e. The molecule has 0 radical (unpaired) electrons. The second kappa shape index (κ2) is 6.52. The van der Waals surface area contributed by atoms with E-state index in [2.05, 4.69) is 6.08 Å². The van der Waals surface area contributed by atoms with Gasteiger partial charge in [0.2, 0.25) is 0 Å². The van der Waals surface area contributed by atoms with Crippen molar-refractivity contribution >= 4 is 17.5 Å². The molecule has 3 nitrogen and oxygen atoms in total. The quantitative estimate of drug-likeness (QED) is 0.791. The Hall–Kier alpha value is -1.48. The van der Waals surface area contributed by atoms with Crippen molar-refractivity contribution in [2.45, 2.75) is 38.6 Å². The average molecular weight is 306 g/mol. The van der Waals surface area contributed by atoms with Crippen molar-refractivity contribution in [2.75, 3.05) is 13.2 Å². The number of hydrogen-bond acceptors (Lipinski definition) is 2. The third kappa shape index (κ3) is 3.59. The van der Waals surface area contributed by atoms with Crippen LogP contribution in [0.5, 0.6) is 5.75 Å². The van der Waals surface area contributed by atoms with E-state index in [1.54, 1.807) is 6.07 Å². The van der Waals surface area contributed by atoms with Gasteiger partial charge in [-0.1, -0.05) is 23.3 Å². The number of halogens is 1. The van der Waals surface area contributed by atoms with E-state index in [1.807, 2.05) is 17.0 Å². The molecule has 1 amide bonds. The van der Waals surface area contributed by atoms with Gasteiger partial charge in [0.05, 0.1) is 0 Å². The first kappa shape index (κ1) is 14.5. The van der Waals surface area contributed by atoms with Crippen molar-refractivity contribution in [3.8, 4) is 5.75 Å². The second-order valence-electron chi connectivity index (χ2n) is 5.71. The number of carbonyl (C=O) groups is 1. The molecule has 0 spiro atoms.